The van der Waals surface area contributed by atoms with Crippen molar-refractivity contribution in [3.8, 4) is 0 Å². The number of ether oxygens (including phenoxy) is 1. The lowest BCUT2D eigenvalue weighted by Gasteiger charge is -2.16. The van der Waals surface area contributed by atoms with Crippen LogP contribution < -0.4 is 5.32 Å². The molecule has 1 unspecified atom stereocenters. The largest absolute Gasteiger partial charge is 0.383 e. The lowest BCUT2D eigenvalue weighted by Crippen LogP contribution is -2.35. The van der Waals surface area contributed by atoms with E-state index in [1.165, 1.54) is 5.56 Å². The topological polar surface area (TPSA) is 21.3 Å². The molecule has 96 valence electrons. The molecule has 0 bridgehead atoms. The van der Waals surface area contributed by atoms with Gasteiger partial charge in [-0.3, -0.25) is 0 Å². The van der Waals surface area contributed by atoms with E-state index in [2.05, 4.69) is 24.4 Å². The zero-order chi connectivity index (χ0) is 12.5. The van der Waals surface area contributed by atoms with Crippen molar-refractivity contribution in [3.05, 3.63) is 34.9 Å². The van der Waals surface area contributed by atoms with Crippen LogP contribution >= 0.6 is 23.4 Å². The van der Waals surface area contributed by atoms with Crippen LogP contribution in [-0.4, -0.2) is 32.1 Å². The summed E-state index contributed by atoms with van der Waals surface area (Å²) in [6.07, 6.45) is 0. The van der Waals surface area contributed by atoms with E-state index < -0.39 is 0 Å². The molecule has 1 aromatic carbocycles. The molecule has 17 heavy (non-hydrogen) atoms. The lowest BCUT2D eigenvalue weighted by atomic mass is 10.2. The first-order valence-electron chi connectivity index (χ1n) is 5.80. The third-order valence-corrected chi connectivity index (χ3v) is 3.79. The number of rotatable bonds is 8. The molecular formula is C13H20ClNOS. The summed E-state index contributed by atoms with van der Waals surface area (Å²) < 4.78 is 5.18. The molecule has 4 heteroatoms. The second-order valence-corrected chi connectivity index (χ2v) is 5.32. The van der Waals surface area contributed by atoms with Gasteiger partial charge in [0.25, 0.3) is 0 Å². The fourth-order valence-electron chi connectivity index (χ4n) is 1.56. The second kappa shape index (κ2) is 8.81. The number of nitrogens with one attached hydrogen (secondary N) is 1. The summed E-state index contributed by atoms with van der Waals surface area (Å²) in [6, 6.07) is 8.47. The molecule has 0 aliphatic carbocycles. The molecule has 0 aliphatic heterocycles. The Morgan fingerprint density at radius 1 is 1.35 bits per heavy atom. The second-order valence-electron chi connectivity index (χ2n) is 3.85. The molecule has 0 aromatic heterocycles. The monoisotopic (exact) mass is 273 g/mol. The fraction of sp³-hybridized carbons (Fsp3) is 0.538. The summed E-state index contributed by atoms with van der Waals surface area (Å²) in [7, 11) is 1.74. The molecule has 0 heterocycles. The van der Waals surface area contributed by atoms with E-state index in [1.807, 2.05) is 23.9 Å². The Kier molecular flexibility index (Phi) is 7.69. The Hall–Kier alpha value is -0.220. The van der Waals surface area contributed by atoms with Gasteiger partial charge in [-0.15, -0.1) is 0 Å². The van der Waals surface area contributed by atoms with Crippen molar-refractivity contribution in [1.29, 1.82) is 0 Å². The van der Waals surface area contributed by atoms with Gasteiger partial charge in [-0.25, -0.2) is 0 Å². The van der Waals surface area contributed by atoms with Gasteiger partial charge < -0.3 is 10.1 Å². The third kappa shape index (κ3) is 6.32. The quantitative estimate of drug-likeness (QED) is 0.786. The zero-order valence-electron chi connectivity index (χ0n) is 10.4. The molecule has 1 aromatic rings. The summed E-state index contributed by atoms with van der Waals surface area (Å²) in [6.45, 7) is 3.86. The molecule has 0 aliphatic rings. The Morgan fingerprint density at radius 2 is 2.06 bits per heavy atom. The number of hydrogen-bond acceptors (Lipinski definition) is 3. The number of thioether (sulfide) groups is 1. The smallest absolute Gasteiger partial charge is 0.0623 e. The Bertz CT molecular complexity index is 299. The molecule has 1 rings (SSSR count). The van der Waals surface area contributed by atoms with Crippen LogP contribution in [0.1, 0.15) is 12.5 Å². The van der Waals surface area contributed by atoms with Crippen molar-refractivity contribution in [2.45, 2.75) is 18.7 Å². The predicted octanol–water partition coefficient (Wildman–Crippen LogP) is 3.20. The number of likely N-dealkylation sites (N-methyl/N-ethyl adjacent to an activating group) is 1. The average Bonchev–Trinajstić information content (AvgIpc) is 2.32. The Labute approximate surface area is 113 Å². The van der Waals surface area contributed by atoms with Crippen molar-refractivity contribution in [1.82, 2.24) is 5.32 Å². The third-order valence-electron chi connectivity index (χ3n) is 2.36. The van der Waals surface area contributed by atoms with E-state index in [9.17, 15) is 0 Å². The van der Waals surface area contributed by atoms with Gasteiger partial charge in [-0.1, -0.05) is 30.7 Å². The van der Waals surface area contributed by atoms with Crippen LogP contribution in [0.4, 0.5) is 0 Å². The van der Waals surface area contributed by atoms with E-state index in [-0.39, 0.29) is 0 Å². The minimum atomic E-state index is 0.433. The molecule has 0 saturated heterocycles. The minimum absolute atomic E-state index is 0.433. The molecular weight excluding hydrogens is 254 g/mol. The van der Waals surface area contributed by atoms with Crippen molar-refractivity contribution in [3.63, 3.8) is 0 Å². The van der Waals surface area contributed by atoms with Crippen LogP contribution in [0, 0.1) is 0 Å². The van der Waals surface area contributed by atoms with Crippen LogP contribution in [0.25, 0.3) is 0 Å². The lowest BCUT2D eigenvalue weighted by molar-refractivity contribution is 0.174. The predicted molar refractivity (Wildman–Crippen MR) is 77.0 cm³/mol. The summed E-state index contributed by atoms with van der Waals surface area (Å²) in [4.78, 5) is 0. The van der Waals surface area contributed by atoms with Gasteiger partial charge in [0.15, 0.2) is 0 Å². The van der Waals surface area contributed by atoms with Crippen LogP contribution in [0.5, 0.6) is 0 Å². The van der Waals surface area contributed by atoms with Gasteiger partial charge in [0.1, 0.15) is 0 Å². The van der Waals surface area contributed by atoms with E-state index >= 15 is 0 Å². The maximum atomic E-state index is 5.85. The summed E-state index contributed by atoms with van der Waals surface area (Å²) >= 11 is 7.76. The number of halogens is 1. The Balaban J connectivity index is 2.27. The molecule has 2 nitrogen and oxygen atoms in total. The highest BCUT2D eigenvalue weighted by Gasteiger charge is 2.06. The molecule has 0 amide bonds. The van der Waals surface area contributed by atoms with E-state index in [4.69, 9.17) is 16.3 Å². The summed E-state index contributed by atoms with van der Waals surface area (Å²) in [5, 5.41) is 4.21. The number of benzene rings is 1. The normalized spacial score (nSPS) is 12.6. The maximum Gasteiger partial charge on any atom is 0.0623 e. The van der Waals surface area contributed by atoms with Gasteiger partial charge in [-0.2, -0.15) is 11.8 Å². The van der Waals surface area contributed by atoms with Crippen molar-refractivity contribution >= 4 is 23.4 Å². The number of hydrogen-bond donors (Lipinski definition) is 1. The van der Waals surface area contributed by atoms with Crippen molar-refractivity contribution in [2.75, 3.05) is 26.0 Å². The van der Waals surface area contributed by atoms with Gasteiger partial charge in [-0.05, 0) is 24.2 Å². The van der Waals surface area contributed by atoms with E-state index in [0.717, 1.165) is 29.7 Å². The van der Waals surface area contributed by atoms with E-state index in [0.29, 0.717) is 6.04 Å². The first kappa shape index (κ1) is 14.8. The van der Waals surface area contributed by atoms with Gasteiger partial charge >= 0.3 is 0 Å². The van der Waals surface area contributed by atoms with Crippen molar-refractivity contribution in [2.24, 2.45) is 0 Å². The molecule has 1 atom stereocenters. The molecule has 1 N–H and O–H groups in total. The highest BCUT2D eigenvalue weighted by atomic mass is 35.5. The van der Waals surface area contributed by atoms with Gasteiger partial charge in [0.05, 0.1) is 6.61 Å². The summed E-state index contributed by atoms with van der Waals surface area (Å²) in [5.41, 5.74) is 1.31. The van der Waals surface area contributed by atoms with Crippen LogP contribution in [0.15, 0.2) is 24.3 Å². The fourth-order valence-corrected chi connectivity index (χ4v) is 2.73. The van der Waals surface area contributed by atoms with Gasteiger partial charge in [0.2, 0.25) is 0 Å². The first-order chi connectivity index (χ1) is 8.26. The molecule has 0 spiro atoms. The van der Waals surface area contributed by atoms with Crippen LogP contribution in [0.3, 0.4) is 0 Å². The van der Waals surface area contributed by atoms with Crippen molar-refractivity contribution < 1.29 is 4.74 Å². The molecule has 0 fully saturated rings. The molecule has 0 saturated carbocycles. The number of methoxy groups -OCH3 is 1. The Morgan fingerprint density at radius 3 is 2.65 bits per heavy atom. The average molecular weight is 274 g/mol. The standard InChI is InChI=1S/C13H20ClNOS/c1-3-15-13(8-16-2)10-17-9-11-4-6-12(14)7-5-11/h4-7,13,15H,3,8-10H2,1-2H3. The summed E-state index contributed by atoms with van der Waals surface area (Å²) in [5.74, 6) is 2.08. The zero-order valence-corrected chi connectivity index (χ0v) is 12.0. The SMILES string of the molecule is CCNC(COC)CSCc1ccc(Cl)cc1. The minimum Gasteiger partial charge on any atom is -0.383 e. The van der Waals surface area contributed by atoms with Crippen LogP contribution in [0.2, 0.25) is 5.02 Å². The van der Waals surface area contributed by atoms with E-state index in [1.54, 1.807) is 7.11 Å². The van der Waals surface area contributed by atoms with Gasteiger partial charge in [0, 0.05) is 29.7 Å². The highest BCUT2D eigenvalue weighted by Crippen LogP contribution is 2.16. The molecule has 0 radical (unpaired) electrons. The first-order valence-corrected chi connectivity index (χ1v) is 7.34. The maximum absolute atomic E-state index is 5.85. The highest BCUT2D eigenvalue weighted by molar-refractivity contribution is 7.98. The van der Waals surface area contributed by atoms with Crippen LogP contribution in [-0.2, 0) is 10.5 Å².